The van der Waals surface area contributed by atoms with Crippen molar-refractivity contribution >= 4 is 11.8 Å². The van der Waals surface area contributed by atoms with Crippen LogP contribution in [0.4, 0.5) is 0 Å². The molecule has 0 aromatic heterocycles. The smallest absolute Gasteiger partial charge is 0.313 e. The molecule has 3 saturated heterocycles. The van der Waals surface area contributed by atoms with Gasteiger partial charge in [0.05, 0.1) is 18.6 Å². The van der Waals surface area contributed by atoms with E-state index in [9.17, 15) is 9.59 Å². The number of nitrogens with zero attached hydrogens (tertiary/aromatic N) is 1. The second-order valence-corrected chi connectivity index (χ2v) is 6.18. The van der Waals surface area contributed by atoms with Gasteiger partial charge in [-0.05, 0) is 44.8 Å². The van der Waals surface area contributed by atoms with Crippen molar-refractivity contribution in [3.8, 4) is 0 Å². The molecule has 1 aromatic rings. The Hall–Kier alpha value is -1.68. The zero-order valence-corrected chi connectivity index (χ0v) is 13.0. The van der Waals surface area contributed by atoms with Crippen LogP contribution in [-0.4, -0.2) is 42.4 Å². The van der Waals surface area contributed by atoms with E-state index in [4.69, 9.17) is 4.74 Å². The van der Waals surface area contributed by atoms with Crippen LogP contribution in [0.3, 0.4) is 0 Å². The Labute approximate surface area is 131 Å². The van der Waals surface area contributed by atoms with Crippen molar-refractivity contribution in [2.45, 2.75) is 38.1 Å². The summed E-state index contributed by atoms with van der Waals surface area (Å²) in [6.07, 6.45) is 2.49. The van der Waals surface area contributed by atoms with E-state index in [-0.39, 0.29) is 23.8 Å². The monoisotopic (exact) mass is 301 g/mol. The van der Waals surface area contributed by atoms with Gasteiger partial charge < -0.3 is 4.74 Å². The van der Waals surface area contributed by atoms with E-state index in [1.165, 1.54) is 0 Å². The Morgan fingerprint density at radius 1 is 1.27 bits per heavy atom. The van der Waals surface area contributed by atoms with Gasteiger partial charge in [-0.15, -0.1) is 0 Å². The van der Waals surface area contributed by atoms with Crippen LogP contribution >= 0.6 is 0 Å². The highest BCUT2D eigenvalue weighted by Crippen LogP contribution is 2.34. The highest BCUT2D eigenvalue weighted by Gasteiger charge is 2.43. The predicted molar refractivity (Wildman–Crippen MR) is 83.5 cm³/mol. The van der Waals surface area contributed by atoms with E-state index in [2.05, 4.69) is 4.90 Å². The summed E-state index contributed by atoms with van der Waals surface area (Å²) in [4.78, 5) is 27.2. The van der Waals surface area contributed by atoms with Crippen LogP contribution in [0.25, 0.3) is 0 Å². The molecule has 4 nitrogen and oxygen atoms in total. The van der Waals surface area contributed by atoms with Gasteiger partial charge in [0, 0.05) is 5.92 Å². The molecule has 2 bridgehead atoms. The number of carbonyl (C=O) groups is 2. The molecule has 0 radical (unpaired) electrons. The van der Waals surface area contributed by atoms with Gasteiger partial charge in [0.2, 0.25) is 0 Å². The first-order valence-corrected chi connectivity index (χ1v) is 8.20. The highest BCUT2D eigenvalue weighted by atomic mass is 16.5. The van der Waals surface area contributed by atoms with Gasteiger partial charge in [-0.25, -0.2) is 0 Å². The maximum Gasteiger partial charge on any atom is 0.313 e. The fraction of sp³-hybridized carbons (Fsp3) is 0.556. The molecule has 0 aliphatic carbocycles. The van der Waals surface area contributed by atoms with Crippen LogP contribution in [0.2, 0.25) is 0 Å². The SMILES string of the molecule is CCOC(=O)C(CC1C(=O)C2CCN1CC2)c1ccccc1. The van der Waals surface area contributed by atoms with E-state index in [0.717, 1.165) is 31.5 Å². The minimum atomic E-state index is -0.352. The fourth-order valence-electron chi connectivity index (χ4n) is 3.73. The van der Waals surface area contributed by atoms with Gasteiger partial charge in [-0.1, -0.05) is 30.3 Å². The van der Waals surface area contributed by atoms with Crippen molar-refractivity contribution < 1.29 is 14.3 Å². The van der Waals surface area contributed by atoms with Crippen molar-refractivity contribution in [3.05, 3.63) is 35.9 Å². The number of carbonyl (C=O) groups excluding carboxylic acids is 2. The van der Waals surface area contributed by atoms with Crippen LogP contribution in [0.15, 0.2) is 30.3 Å². The molecular formula is C18H23NO3. The molecule has 4 heteroatoms. The molecule has 3 heterocycles. The summed E-state index contributed by atoms with van der Waals surface area (Å²) in [5, 5.41) is 0. The molecule has 0 saturated carbocycles. The van der Waals surface area contributed by atoms with Crippen LogP contribution < -0.4 is 0 Å². The largest absolute Gasteiger partial charge is 0.466 e. The zero-order chi connectivity index (χ0) is 15.5. The highest BCUT2D eigenvalue weighted by molar-refractivity contribution is 5.89. The maximum atomic E-state index is 12.5. The summed E-state index contributed by atoms with van der Waals surface area (Å²) < 4.78 is 5.25. The van der Waals surface area contributed by atoms with Gasteiger partial charge in [0.1, 0.15) is 0 Å². The van der Waals surface area contributed by atoms with Crippen molar-refractivity contribution in [2.75, 3.05) is 19.7 Å². The minimum Gasteiger partial charge on any atom is -0.466 e. The Kier molecular flexibility index (Phi) is 4.57. The molecule has 0 amide bonds. The molecule has 4 rings (SSSR count). The molecule has 3 fully saturated rings. The number of rotatable bonds is 5. The van der Waals surface area contributed by atoms with Crippen LogP contribution in [0.5, 0.6) is 0 Å². The van der Waals surface area contributed by atoms with Gasteiger partial charge in [0.25, 0.3) is 0 Å². The number of hydrogen-bond acceptors (Lipinski definition) is 4. The first-order valence-electron chi connectivity index (χ1n) is 8.20. The first kappa shape index (κ1) is 15.2. The molecule has 1 aromatic carbocycles. The molecule has 118 valence electrons. The predicted octanol–water partition coefficient (Wildman–Crippen LogP) is 2.39. The minimum absolute atomic E-state index is 0.123. The van der Waals surface area contributed by atoms with Gasteiger partial charge >= 0.3 is 5.97 Å². The Bertz CT molecular complexity index is 535. The topological polar surface area (TPSA) is 46.6 Å². The van der Waals surface area contributed by atoms with E-state index < -0.39 is 0 Å². The number of benzene rings is 1. The normalized spacial score (nSPS) is 28.4. The number of esters is 1. The van der Waals surface area contributed by atoms with E-state index >= 15 is 0 Å². The molecule has 2 unspecified atom stereocenters. The van der Waals surface area contributed by atoms with Crippen molar-refractivity contribution in [2.24, 2.45) is 5.92 Å². The van der Waals surface area contributed by atoms with Crippen LogP contribution in [0, 0.1) is 5.92 Å². The summed E-state index contributed by atoms with van der Waals surface area (Å²) in [6.45, 7) is 4.14. The molecule has 22 heavy (non-hydrogen) atoms. The Balaban J connectivity index is 1.81. The Morgan fingerprint density at radius 3 is 2.55 bits per heavy atom. The molecule has 0 N–H and O–H groups in total. The number of hydrogen-bond donors (Lipinski definition) is 0. The summed E-state index contributed by atoms with van der Waals surface area (Å²) in [6, 6.07) is 9.56. The number of piperidine rings is 3. The average Bonchev–Trinajstić information content (AvgIpc) is 2.56. The lowest BCUT2D eigenvalue weighted by molar-refractivity contribution is -0.147. The summed E-state index contributed by atoms with van der Waals surface area (Å²) in [5.41, 5.74) is 0.941. The Morgan fingerprint density at radius 2 is 1.95 bits per heavy atom. The van der Waals surface area contributed by atoms with Crippen molar-refractivity contribution in [1.82, 2.24) is 4.90 Å². The third-order valence-electron chi connectivity index (χ3n) is 4.93. The number of fused-ring (bicyclic) bond motifs is 3. The molecule has 0 spiro atoms. The van der Waals surface area contributed by atoms with Gasteiger partial charge in [-0.3, -0.25) is 14.5 Å². The second-order valence-electron chi connectivity index (χ2n) is 6.18. The lowest BCUT2D eigenvalue weighted by Crippen LogP contribution is -2.56. The van der Waals surface area contributed by atoms with E-state index in [0.29, 0.717) is 18.8 Å². The number of ether oxygens (including phenoxy) is 1. The summed E-state index contributed by atoms with van der Waals surface area (Å²) in [7, 11) is 0. The standard InChI is InChI=1S/C18H23NO3/c1-2-22-18(21)15(13-6-4-3-5-7-13)12-16-17(20)14-8-10-19(16)11-9-14/h3-7,14-16H,2,8-12H2,1H3. The quantitative estimate of drug-likeness (QED) is 0.784. The van der Waals surface area contributed by atoms with Crippen molar-refractivity contribution in [1.29, 1.82) is 0 Å². The average molecular weight is 301 g/mol. The number of Topliss-reactive ketones (excluding diaryl/α,β-unsaturated/α-hetero) is 1. The summed E-state index contributed by atoms with van der Waals surface area (Å²) in [5.74, 6) is -0.0463. The maximum absolute atomic E-state index is 12.5. The fourth-order valence-corrected chi connectivity index (χ4v) is 3.73. The van der Waals surface area contributed by atoms with Gasteiger partial charge in [0.15, 0.2) is 5.78 Å². The second kappa shape index (κ2) is 6.61. The third kappa shape index (κ3) is 2.93. The third-order valence-corrected chi connectivity index (χ3v) is 4.93. The lowest BCUT2D eigenvalue weighted by Gasteiger charge is -2.44. The lowest BCUT2D eigenvalue weighted by atomic mass is 9.78. The van der Waals surface area contributed by atoms with E-state index in [1.807, 2.05) is 37.3 Å². The number of ketones is 1. The molecule has 3 aliphatic heterocycles. The molecule has 3 aliphatic rings. The molecule has 2 atom stereocenters. The van der Waals surface area contributed by atoms with Gasteiger partial charge in [-0.2, -0.15) is 0 Å². The molecular weight excluding hydrogens is 278 g/mol. The zero-order valence-electron chi connectivity index (χ0n) is 13.0. The summed E-state index contributed by atoms with van der Waals surface area (Å²) >= 11 is 0. The van der Waals surface area contributed by atoms with Crippen LogP contribution in [0.1, 0.15) is 37.7 Å². The van der Waals surface area contributed by atoms with Crippen molar-refractivity contribution in [3.63, 3.8) is 0 Å². The van der Waals surface area contributed by atoms with E-state index in [1.54, 1.807) is 0 Å². The first-order chi connectivity index (χ1) is 10.7. The van der Waals surface area contributed by atoms with Crippen LogP contribution in [-0.2, 0) is 14.3 Å².